The zero-order chi connectivity index (χ0) is 18.5. The van der Waals surface area contributed by atoms with Crippen LogP contribution in [-0.4, -0.2) is 44.9 Å². The number of nitrogens with zero attached hydrogens (tertiary/aromatic N) is 3. The molecule has 2 heterocycles. The smallest absolute Gasteiger partial charge is 0.246 e. The number of benzene rings is 1. The van der Waals surface area contributed by atoms with Gasteiger partial charge in [0.15, 0.2) is 0 Å². The Hall–Kier alpha value is -2.18. The molecule has 2 N–H and O–H groups in total. The van der Waals surface area contributed by atoms with Crippen LogP contribution >= 0.6 is 0 Å². The number of anilines is 1. The summed E-state index contributed by atoms with van der Waals surface area (Å²) in [5.41, 5.74) is 1.68. The van der Waals surface area contributed by atoms with E-state index in [4.69, 9.17) is 0 Å². The van der Waals surface area contributed by atoms with Gasteiger partial charge in [0.05, 0.1) is 18.0 Å². The molecule has 1 amide bonds. The zero-order valence-electron chi connectivity index (χ0n) is 15.5. The molecule has 1 aromatic heterocycles. The molecule has 1 aromatic carbocycles. The fraction of sp³-hybridized carbons (Fsp3) is 0.500. The molecule has 6 nitrogen and oxygen atoms in total. The van der Waals surface area contributed by atoms with Gasteiger partial charge in [-0.25, -0.2) is 0 Å². The Labute approximate surface area is 154 Å². The van der Waals surface area contributed by atoms with Gasteiger partial charge in [-0.15, -0.1) is 0 Å². The third-order valence-electron chi connectivity index (χ3n) is 4.68. The Morgan fingerprint density at radius 2 is 1.96 bits per heavy atom. The minimum atomic E-state index is -0.364. The van der Waals surface area contributed by atoms with E-state index in [9.17, 15) is 9.90 Å². The number of aromatic nitrogens is 2. The van der Waals surface area contributed by atoms with Gasteiger partial charge in [0.25, 0.3) is 0 Å². The van der Waals surface area contributed by atoms with Crippen LogP contribution in [0.4, 0.5) is 5.69 Å². The van der Waals surface area contributed by atoms with Crippen LogP contribution in [0.1, 0.15) is 38.3 Å². The van der Waals surface area contributed by atoms with Crippen LogP contribution in [0.5, 0.6) is 0 Å². The quantitative estimate of drug-likeness (QED) is 0.835. The van der Waals surface area contributed by atoms with Crippen molar-refractivity contribution in [3.63, 3.8) is 0 Å². The summed E-state index contributed by atoms with van der Waals surface area (Å²) >= 11 is 0. The maximum Gasteiger partial charge on any atom is 0.246 e. The normalized spacial score (nSPS) is 17.4. The van der Waals surface area contributed by atoms with Gasteiger partial charge in [-0.3, -0.25) is 14.4 Å². The lowest BCUT2D eigenvalue weighted by molar-refractivity contribution is -0.122. The molecule has 0 aliphatic carbocycles. The fourth-order valence-electron chi connectivity index (χ4n) is 3.42. The number of piperidine rings is 1. The second kappa shape index (κ2) is 8.47. The predicted molar refractivity (Wildman–Crippen MR) is 102 cm³/mol. The number of aliphatic hydroxyl groups is 1. The Morgan fingerprint density at radius 1 is 1.27 bits per heavy atom. The van der Waals surface area contributed by atoms with Crippen LogP contribution in [0.15, 0.2) is 42.7 Å². The van der Waals surface area contributed by atoms with Crippen molar-refractivity contribution < 1.29 is 9.90 Å². The van der Waals surface area contributed by atoms with Crippen molar-refractivity contribution in [3.8, 4) is 0 Å². The van der Waals surface area contributed by atoms with Gasteiger partial charge < -0.3 is 10.4 Å². The van der Waals surface area contributed by atoms with Crippen LogP contribution in [0.2, 0.25) is 0 Å². The van der Waals surface area contributed by atoms with Crippen molar-refractivity contribution in [1.29, 1.82) is 0 Å². The summed E-state index contributed by atoms with van der Waals surface area (Å²) in [5, 5.41) is 17.1. The average molecular weight is 356 g/mol. The summed E-state index contributed by atoms with van der Waals surface area (Å²) < 4.78 is 1.86. The van der Waals surface area contributed by atoms with Gasteiger partial charge in [-0.2, -0.15) is 5.10 Å². The van der Waals surface area contributed by atoms with E-state index < -0.39 is 0 Å². The van der Waals surface area contributed by atoms with Crippen LogP contribution in [0.25, 0.3) is 0 Å². The predicted octanol–water partition coefficient (Wildman–Crippen LogP) is 2.68. The van der Waals surface area contributed by atoms with Crippen molar-refractivity contribution >= 4 is 11.6 Å². The van der Waals surface area contributed by atoms with Crippen molar-refractivity contribution in [2.75, 3.05) is 18.4 Å². The summed E-state index contributed by atoms with van der Waals surface area (Å²) in [6.07, 6.45) is 4.70. The van der Waals surface area contributed by atoms with Gasteiger partial charge in [0.2, 0.25) is 5.91 Å². The number of carbonyl (C=O) groups excluding carboxylic acids is 1. The fourth-order valence-corrected chi connectivity index (χ4v) is 3.42. The molecule has 1 fully saturated rings. The van der Waals surface area contributed by atoms with E-state index in [0.717, 1.165) is 12.1 Å². The number of hydrogen-bond donors (Lipinski definition) is 2. The number of likely N-dealkylation sites (tertiary alicyclic amines) is 1. The van der Waals surface area contributed by atoms with E-state index in [-0.39, 0.29) is 18.1 Å². The van der Waals surface area contributed by atoms with Crippen LogP contribution < -0.4 is 5.32 Å². The summed E-state index contributed by atoms with van der Waals surface area (Å²) in [4.78, 5) is 15.2. The molecule has 0 bridgehead atoms. The minimum Gasteiger partial charge on any atom is -0.393 e. The monoisotopic (exact) mass is 356 g/mol. The van der Waals surface area contributed by atoms with Crippen molar-refractivity contribution in [3.05, 3.63) is 48.3 Å². The number of nitrogens with one attached hydrogen (secondary N) is 1. The van der Waals surface area contributed by atoms with E-state index >= 15 is 0 Å². The number of rotatable bonds is 6. The SMILES string of the molecule is CC(C)Cn1cc(NC(=O)C(c2ccccc2)N2CCC(O)CC2)cn1. The van der Waals surface area contributed by atoms with Crippen molar-refractivity contribution in [1.82, 2.24) is 14.7 Å². The van der Waals surface area contributed by atoms with Crippen molar-refractivity contribution in [2.45, 2.75) is 45.4 Å². The molecule has 2 aromatic rings. The van der Waals surface area contributed by atoms with Crippen LogP contribution in [-0.2, 0) is 11.3 Å². The number of amides is 1. The van der Waals surface area contributed by atoms with E-state index in [1.165, 1.54) is 0 Å². The topological polar surface area (TPSA) is 70.4 Å². The van der Waals surface area contributed by atoms with Gasteiger partial charge >= 0.3 is 0 Å². The molecule has 0 radical (unpaired) electrons. The zero-order valence-corrected chi connectivity index (χ0v) is 15.5. The first-order valence-corrected chi connectivity index (χ1v) is 9.33. The lowest BCUT2D eigenvalue weighted by Crippen LogP contribution is -2.43. The van der Waals surface area contributed by atoms with Gasteiger partial charge in [-0.05, 0) is 24.3 Å². The molecule has 0 saturated carbocycles. The highest BCUT2D eigenvalue weighted by atomic mass is 16.3. The molecule has 1 unspecified atom stereocenters. The highest BCUT2D eigenvalue weighted by Crippen LogP contribution is 2.26. The second-order valence-corrected chi connectivity index (χ2v) is 7.41. The van der Waals surface area contributed by atoms with Crippen LogP contribution in [0.3, 0.4) is 0 Å². The van der Waals surface area contributed by atoms with Gasteiger partial charge in [0.1, 0.15) is 6.04 Å². The molecular weight excluding hydrogens is 328 g/mol. The second-order valence-electron chi connectivity index (χ2n) is 7.41. The average Bonchev–Trinajstić information content (AvgIpc) is 3.04. The molecular formula is C20H28N4O2. The van der Waals surface area contributed by atoms with Gasteiger partial charge in [-0.1, -0.05) is 44.2 Å². The summed E-state index contributed by atoms with van der Waals surface area (Å²) in [6, 6.07) is 9.46. The summed E-state index contributed by atoms with van der Waals surface area (Å²) in [7, 11) is 0. The van der Waals surface area contributed by atoms with E-state index in [1.54, 1.807) is 6.20 Å². The highest BCUT2D eigenvalue weighted by molar-refractivity contribution is 5.95. The van der Waals surface area contributed by atoms with E-state index in [1.807, 2.05) is 41.2 Å². The molecule has 26 heavy (non-hydrogen) atoms. The van der Waals surface area contributed by atoms with Gasteiger partial charge in [0, 0.05) is 25.8 Å². The number of carbonyl (C=O) groups is 1. The van der Waals surface area contributed by atoms with Crippen LogP contribution in [0, 0.1) is 5.92 Å². The van der Waals surface area contributed by atoms with E-state index in [2.05, 4.69) is 29.2 Å². The standard InChI is InChI=1S/C20H28N4O2/c1-15(2)13-24-14-17(12-21-24)22-20(26)19(16-6-4-3-5-7-16)23-10-8-18(25)9-11-23/h3-7,12,14-15,18-19,25H,8-11,13H2,1-2H3,(H,22,26). The molecule has 3 rings (SSSR count). The molecule has 140 valence electrons. The lowest BCUT2D eigenvalue weighted by atomic mass is 10.00. The Morgan fingerprint density at radius 3 is 2.62 bits per heavy atom. The number of hydrogen-bond acceptors (Lipinski definition) is 4. The lowest BCUT2D eigenvalue weighted by Gasteiger charge is -2.35. The molecule has 0 spiro atoms. The molecule has 1 atom stereocenters. The van der Waals surface area contributed by atoms with E-state index in [0.29, 0.717) is 37.5 Å². The molecule has 1 aliphatic heterocycles. The molecule has 1 saturated heterocycles. The maximum absolute atomic E-state index is 13.1. The minimum absolute atomic E-state index is 0.0586. The number of aliphatic hydroxyl groups excluding tert-OH is 1. The Bertz CT molecular complexity index is 706. The highest BCUT2D eigenvalue weighted by Gasteiger charge is 2.30. The Balaban J connectivity index is 1.75. The summed E-state index contributed by atoms with van der Waals surface area (Å²) in [6.45, 7) is 6.51. The summed E-state index contributed by atoms with van der Waals surface area (Å²) in [5.74, 6) is 0.437. The third-order valence-corrected chi connectivity index (χ3v) is 4.68. The first-order valence-electron chi connectivity index (χ1n) is 9.33. The first kappa shape index (κ1) is 18.6. The molecule has 1 aliphatic rings. The molecule has 6 heteroatoms. The third kappa shape index (κ3) is 4.71. The first-order chi connectivity index (χ1) is 12.5. The maximum atomic E-state index is 13.1. The largest absolute Gasteiger partial charge is 0.393 e. The Kier molecular flexibility index (Phi) is 6.06. The van der Waals surface area contributed by atoms with Crippen molar-refractivity contribution in [2.24, 2.45) is 5.92 Å².